The van der Waals surface area contributed by atoms with Crippen LogP contribution in [-0.4, -0.2) is 25.4 Å². The van der Waals surface area contributed by atoms with E-state index in [2.05, 4.69) is 5.32 Å². The van der Waals surface area contributed by atoms with Crippen molar-refractivity contribution in [2.24, 2.45) is 0 Å². The highest BCUT2D eigenvalue weighted by molar-refractivity contribution is 7.99. The molecule has 4 heteroatoms. The van der Waals surface area contributed by atoms with E-state index in [1.807, 2.05) is 30.0 Å². The smallest absolute Gasteiger partial charge is 0.134 e. The number of nitrogens with one attached hydrogen (secondary N) is 1. The molecule has 1 heterocycles. The number of nitrogens with two attached hydrogens (primary N) is 1. The molecular weight excluding hydrogens is 220 g/mol. The Kier molecular flexibility index (Phi) is 3.96. The van der Waals surface area contributed by atoms with Gasteiger partial charge in [0.25, 0.3) is 0 Å². The van der Waals surface area contributed by atoms with E-state index in [1.54, 1.807) is 7.11 Å². The summed E-state index contributed by atoms with van der Waals surface area (Å²) < 4.78 is 5.32. The van der Waals surface area contributed by atoms with Gasteiger partial charge in [0.15, 0.2) is 0 Å². The molecule has 0 spiro atoms. The predicted octanol–water partition coefficient (Wildman–Crippen LogP) is 2.12. The second-order valence-corrected chi connectivity index (χ2v) is 5.08. The number of nitrogen functional groups attached to an aromatic ring is 1. The van der Waals surface area contributed by atoms with Gasteiger partial charge in [-0.3, -0.25) is 0 Å². The maximum atomic E-state index is 5.72. The lowest BCUT2D eigenvalue weighted by Gasteiger charge is -2.12. The van der Waals surface area contributed by atoms with Gasteiger partial charge in [0.05, 0.1) is 7.11 Å². The molecule has 0 aliphatic carbocycles. The zero-order valence-corrected chi connectivity index (χ0v) is 10.3. The molecule has 0 amide bonds. The Bertz CT molecular complexity index is 351. The molecule has 3 N–H and O–H groups in total. The standard InChI is InChI=1S/C12H18N2OS/c1-15-11-7-9(13)4-5-12(11)16-8-10-3-2-6-14-10/h4-5,7,10,14H,2-3,6,8,13H2,1H3. The second kappa shape index (κ2) is 5.46. The van der Waals surface area contributed by atoms with E-state index in [1.165, 1.54) is 17.7 Å². The summed E-state index contributed by atoms with van der Waals surface area (Å²) in [5.74, 6) is 1.98. The Morgan fingerprint density at radius 3 is 3.12 bits per heavy atom. The Hall–Kier alpha value is -0.870. The van der Waals surface area contributed by atoms with Crippen LogP contribution in [0, 0.1) is 0 Å². The molecule has 1 aliphatic rings. The van der Waals surface area contributed by atoms with Crippen LogP contribution < -0.4 is 15.8 Å². The van der Waals surface area contributed by atoms with Crippen molar-refractivity contribution in [2.75, 3.05) is 25.1 Å². The summed E-state index contributed by atoms with van der Waals surface area (Å²) in [6.07, 6.45) is 2.58. The van der Waals surface area contributed by atoms with Crippen molar-refractivity contribution >= 4 is 17.4 Å². The molecular formula is C12H18N2OS. The molecule has 2 rings (SSSR count). The van der Waals surface area contributed by atoms with Gasteiger partial charge >= 0.3 is 0 Å². The number of benzene rings is 1. The van der Waals surface area contributed by atoms with E-state index in [0.29, 0.717) is 6.04 Å². The molecule has 0 bridgehead atoms. The van der Waals surface area contributed by atoms with Crippen molar-refractivity contribution in [3.05, 3.63) is 18.2 Å². The zero-order chi connectivity index (χ0) is 11.4. The van der Waals surface area contributed by atoms with Crippen LogP contribution in [0.15, 0.2) is 23.1 Å². The van der Waals surface area contributed by atoms with Gasteiger partial charge in [-0.15, -0.1) is 11.8 Å². The zero-order valence-electron chi connectivity index (χ0n) is 9.53. The fraction of sp³-hybridized carbons (Fsp3) is 0.500. The van der Waals surface area contributed by atoms with E-state index in [9.17, 15) is 0 Å². The number of thioether (sulfide) groups is 1. The quantitative estimate of drug-likeness (QED) is 0.623. The van der Waals surface area contributed by atoms with Crippen LogP contribution in [0.5, 0.6) is 5.75 Å². The highest BCUT2D eigenvalue weighted by Gasteiger charge is 2.15. The lowest BCUT2D eigenvalue weighted by Crippen LogP contribution is -2.23. The summed E-state index contributed by atoms with van der Waals surface area (Å²) in [7, 11) is 1.69. The molecule has 0 radical (unpaired) electrons. The normalized spacial score (nSPS) is 19.9. The van der Waals surface area contributed by atoms with Crippen LogP contribution in [0.4, 0.5) is 5.69 Å². The number of hydrogen-bond donors (Lipinski definition) is 2. The third-order valence-corrected chi connectivity index (χ3v) is 4.01. The van der Waals surface area contributed by atoms with Crippen LogP contribution in [0.1, 0.15) is 12.8 Å². The van der Waals surface area contributed by atoms with E-state index < -0.39 is 0 Å². The Balaban J connectivity index is 1.97. The van der Waals surface area contributed by atoms with Crippen LogP contribution in [-0.2, 0) is 0 Å². The summed E-state index contributed by atoms with van der Waals surface area (Å²) in [6, 6.07) is 6.48. The molecule has 1 unspecified atom stereocenters. The number of methoxy groups -OCH3 is 1. The molecule has 0 saturated carbocycles. The van der Waals surface area contributed by atoms with Gasteiger partial charge in [0.2, 0.25) is 0 Å². The summed E-state index contributed by atoms with van der Waals surface area (Å²) >= 11 is 1.83. The average molecular weight is 238 g/mol. The van der Waals surface area contributed by atoms with Crippen LogP contribution in [0.25, 0.3) is 0 Å². The third kappa shape index (κ3) is 2.83. The van der Waals surface area contributed by atoms with Crippen molar-refractivity contribution in [1.82, 2.24) is 5.32 Å². The molecule has 1 atom stereocenters. The van der Waals surface area contributed by atoms with E-state index in [-0.39, 0.29) is 0 Å². The molecule has 88 valence electrons. The lowest BCUT2D eigenvalue weighted by atomic mass is 10.3. The maximum absolute atomic E-state index is 5.72. The van der Waals surface area contributed by atoms with Crippen LogP contribution in [0.3, 0.4) is 0 Å². The van der Waals surface area contributed by atoms with Gasteiger partial charge in [-0.25, -0.2) is 0 Å². The van der Waals surface area contributed by atoms with Crippen LogP contribution >= 0.6 is 11.8 Å². The topological polar surface area (TPSA) is 47.3 Å². The van der Waals surface area contributed by atoms with E-state index in [0.717, 1.165) is 23.7 Å². The summed E-state index contributed by atoms with van der Waals surface area (Å²) in [5.41, 5.74) is 6.47. The molecule has 0 aromatic heterocycles. The van der Waals surface area contributed by atoms with Crippen molar-refractivity contribution in [3.63, 3.8) is 0 Å². The maximum Gasteiger partial charge on any atom is 0.134 e. The minimum Gasteiger partial charge on any atom is -0.496 e. The Morgan fingerprint density at radius 2 is 2.44 bits per heavy atom. The summed E-state index contributed by atoms with van der Waals surface area (Å²) in [4.78, 5) is 1.17. The molecule has 1 aliphatic heterocycles. The molecule has 1 saturated heterocycles. The third-order valence-electron chi connectivity index (χ3n) is 2.79. The number of anilines is 1. The first-order valence-corrected chi connectivity index (χ1v) is 6.58. The molecule has 1 aromatic carbocycles. The highest BCUT2D eigenvalue weighted by atomic mass is 32.2. The first-order chi connectivity index (χ1) is 7.79. The minimum absolute atomic E-state index is 0.646. The first kappa shape index (κ1) is 11.6. The summed E-state index contributed by atoms with van der Waals surface area (Å²) in [6.45, 7) is 1.16. The van der Waals surface area contributed by atoms with Gasteiger partial charge < -0.3 is 15.8 Å². The number of ether oxygens (including phenoxy) is 1. The lowest BCUT2D eigenvalue weighted by molar-refractivity contribution is 0.405. The van der Waals surface area contributed by atoms with Crippen molar-refractivity contribution < 1.29 is 4.74 Å². The average Bonchev–Trinajstić information content (AvgIpc) is 2.80. The fourth-order valence-corrected chi connectivity index (χ4v) is 3.01. The molecule has 1 fully saturated rings. The number of rotatable bonds is 4. The number of hydrogen-bond acceptors (Lipinski definition) is 4. The van der Waals surface area contributed by atoms with Crippen molar-refractivity contribution in [3.8, 4) is 5.75 Å². The van der Waals surface area contributed by atoms with E-state index in [4.69, 9.17) is 10.5 Å². The first-order valence-electron chi connectivity index (χ1n) is 5.59. The van der Waals surface area contributed by atoms with Crippen molar-refractivity contribution in [2.45, 2.75) is 23.8 Å². The SMILES string of the molecule is COc1cc(N)ccc1SCC1CCCN1. The van der Waals surface area contributed by atoms with Gasteiger partial charge in [0.1, 0.15) is 5.75 Å². The second-order valence-electron chi connectivity index (χ2n) is 4.01. The van der Waals surface area contributed by atoms with E-state index >= 15 is 0 Å². The summed E-state index contributed by atoms with van der Waals surface area (Å²) in [5, 5.41) is 3.49. The monoisotopic (exact) mass is 238 g/mol. The van der Waals surface area contributed by atoms with Crippen molar-refractivity contribution in [1.29, 1.82) is 0 Å². The molecule has 16 heavy (non-hydrogen) atoms. The molecule has 1 aromatic rings. The highest BCUT2D eigenvalue weighted by Crippen LogP contribution is 2.32. The van der Waals surface area contributed by atoms with Crippen LogP contribution in [0.2, 0.25) is 0 Å². The fourth-order valence-electron chi connectivity index (χ4n) is 1.89. The minimum atomic E-state index is 0.646. The van der Waals surface area contributed by atoms with Gasteiger partial charge in [-0.05, 0) is 31.5 Å². The molecule has 3 nitrogen and oxygen atoms in total. The van der Waals surface area contributed by atoms with Gasteiger partial charge in [-0.2, -0.15) is 0 Å². The predicted molar refractivity (Wildman–Crippen MR) is 69.2 cm³/mol. The van der Waals surface area contributed by atoms with Gasteiger partial charge in [-0.1, -0.05) is 0 Å². The Labute approximate surface area is 101 Å². The Morgan fingerprint density at radius 1 is 1.56 bits per heavy atom. The largest absolute Gasteiger partial charge is 0.496 e. The van der Waals surface area contributed by atoms with Gasteiger partial charge in [0, 0.05) is 28.4 Å².